The maximum atomic E-state index is 12.6. The second-order valence-corrected chi connectivity index (χ2v) is 10.7. The van der Waals surface area contributed by atoms with Crippen molar-refractivity contribution in [3.05, 3.63) is 46.1 Å². The lowest BCUT2D eigenvalue weighted by Gasteiger charge is -2.11. The molecular weight excluding hydrogens is 470 g/mol. The van der Waals surface area contributed by atoms with Gasteiger partial charge in [0.1, 0.15) is 10.7 Å². The van der Waals surface area contributed by atoms with E-state index in [0.29, 0.717) is 22.3 Å². The first kappa shape index (κ1) is 21.5. The second kappa shape index (κ2) is 8.66. The van der Waals surface area contributed by atoms with Gasteiger partial charge in [-0.2, -0.15) is 0 Å². The molecule has 0 bridgehead atoms. The third-order valence-electron chi connectivity index (χ3n) is 6.32. The number of aromatic nitrogens is 4. The minimum Gasteiger partial charge on any atom is -0.465 e. The average Bonchev–Trinajstić information content (AvgIpc) is 3.51. The highest BCUT2D eigenvalue weighted by Crippen LogP contribution is 2.44. The summed E-state index contributed by atoms with van der Waals surface area (Å²) in [6.07, 6.45) is 6.89. The topological polar surface area (TPSA) is 98.5 Å². The fourth-order valence-corrected chi connectivity index (χ4v) is 6.50. The molecule has 1 N–H and O–H groups in total. The van der Waals surface area contributed by atoms with E-state index in [1.54, 1.807) is 24.3 Å². The number of rotatable bonds is 6. The monoisotopic (exact) mass is 493 g/mol. The van der Waals surface area contributed by atoms with Gasteiger partial charge in [0.15, 0.2) is 10.8 Å². The van der Waals surface area contributed by atoms with Crippen LogP contribution in [0.15, 0.2) is 29.4 Å². The Kier molecular flexibility index (Phi) is 5.49. The van der Waals surface area contributed by atoms with E-state index in [9.17, 15) is 9.59 Å². The molecule has 3 aromatic heterocycles. The Morgan fingerprint density at radius 1 is 1.18 bits per heavy atom. The van der Waals surface area contributed by atoms with Crippen LogP contribution in [0.5, 0.6) is 0 Å². The molecular formula is C24H23N5O3S2. The summed E-state index contributed by atoms with van der Waals surface area (Å²) in [4.78, 5) is 31.8. The van der Waals surface area contributed by atoms with E-state index >= 15 is 0 Å². The molecule has 6 rings (SSSR count). The quantitative estimate of drug-likeness (QED) is 0.309. The molecule has 1 aromatic carbocycles. The molecule has 0 unspecified atom stereocenters. The summed E-state index contributed by atoms with van der Waals surface area (Å²) in [5.74, 6) is 1.09. The van der Waals surface area contributed by atoms with E-state index in [-0.39, 0.29) is 11.7 Å². The van der Waals surface area contributed by atoms with Crippen molar-refractivity contribution in [2.45, 2.75) is 49.6 Å². The summed E-state index contributed by atoms with van der Waals surface area (Å²) in [6, 6.07) is 6.63. The van der Waals surface area contributed by atoms with Gasteiger partial charge in [-0.1, -0.05) is 11.8 Å². The molecule has 1 saturated carbocycles. The number of hydrogen-bond acceptors (Lipinski definition) is 8. The first-order valence-corrected chi connectivity index (χ1v) is 13.2. The van der Waals surface area contributed by atoms with Crippen molar-refractivity contribution < 1.29 is 14.3 Å². The zero-order valence-corrected chi connectivity index (χ0v) is 20.3. The van der Waals surface area contributed by atoms with E-state index in [0.717, 1.165) is 47.4 Å². The van der Waals surface area contributed by atoms with E-state index < -0.39 is 5.97 Å². The Labute approximate surface area is 204 Å². The van der Waals surface area contributed by atoms with Crippen LogP contribution < -0.4 is 5.32 Å². The Morgan fingerprint density at radius 2 is 1.97 bits per heavy atom. The van der Waals surface area contributed by atoms with Crippen LogP contribution in [0.1, 0.15) is 58.2 Å². The molecule has 1 amide bonds. The van der Waals surface area contributed by atoms with Gasteiger partial charge < -0.3 is 10.1 Å². The number of thioether (sulfide) groups is 1. The predicted octanol–water partition coefficient (Wildman–Crippen LogP) is 4.61. The van der Waals surface area contributed by atoms with Crippen LogP contribution in [-0.4, -0.2) is 44.3 Å². The zero-order chi connectivity index (χ0) is 23.2. The number of aryl methyl sites for hydroxylation is 2. The molecule has 0 spiro atoms. The SMILES string of the molecule is COC(=O)c1ccc(NC(=O)CSc2nnc3c4c5c(sc4nc(C4CC4)n23)CCCC5)cc1. The second-order valence-electron chi connectivity index (χ2n) is 8.68. The van der Waals surface area contributed by atoms with E-state index in [4.69, 9.17) is 9.72 Å². The number of benzene rings is 1. The molecule has 34 heavy (non-hydrogen) atoms. The number of carbonyl (C=O) groups is 2. The van der Waals surface area contributed by atoms with Gasteiger partial charge in [0.2, 0.25) is 5.91 Å². The number of esters is 1. The maximum Gasteiger partial charge on any atom is 0.337 e. The Balaban J connectivity index is 1.25. The number of anilines is 1. The van der Waals surface area contributed by atoms with E-state index in [2.05, 4.69) is 19.9 Å². The minimum atomic E-state index is -0.409. The van der Waals surface area contributed by atoms with Crippen molar-refractivity contribution >= 4 is 56.5 Å². The molecule has 8 nitrogen and oxygen atoms in total. The maximum absolute atomic E-state index is 12.6. The summed E-state index contributed by atoms with van der Waals surface area (Å²) in [5.41, 5.74) is 3.33. The largest absolute Gasteiger partial charge is 0.465 e. The lowest BCUT2D eigenvalue weighted by atomic mass is 9.97. The predicted molar refractivity (Wildman–Crippen MR) is 132 cm³/mol. The Bertz CT molecular complexity index is 1420. The number of nitrogens with one attached hydrogen (secondary N) is 1. The average molecular weight is 494 g/mol. The molecule has 0 aliphatic heterocycles. The highest BCUT2D eigenvalue weighted by atomic mass is 32.2. The van der Waals surface area contributed by atoms with Gasteiger partial charge >= 0.3 is 5.97 Å². The molecule has 2 aliphatic carbocycles. The van der Waals surface area contributed by atoms with Gasteiger partial charge in [0, 0.05) is 16.5 Å². The smallest absolute Gasteiger partial charge is 0.337 e. The lowest BCUT2D eigenvalue weighted by molar-refractivity contribution is -0.113. The highest BCUT2D eigenvalue weighted by molar-refractivity contribution is 7.99. The van der Waals surface area contributed by atoms with Crippen molar-refractivity contribution in [3.8, 4) is 0 Å². The number of amides is 1. The van der Waals surface area contributed by atoms with Gasteiger partial charge in [-0.05, 0) is 68.4 Å². The van der Waals surface area contributed by atoms with Crippen LogP contribution in [0.4, 0.5) is 5.69 Å². The van der Waals surface area contributed by atoms with Crippen LogP contribution >= 0.6 is 23.1 Å². The van der Waals surface area contributed by atoms with Crippen LogP contribution in [0.3, 0.4) is 0 Å². The molecule has 2 aliphatic rings. The summed E-state index contributed by atoms with van der Waals surface area (Å²) < 4.78 is 6.79. The van der Waals surface area contributed by atoms with Crippen molar-refractivity contribution in [1.29, 1.82) is 0 Å². The van der Waals surface area contributed by atoms with Crippen molar-refractivity contribution in [2.75, 3.05) is 18.2 Å². The fourth-order valence-electron chi connectivity index (χ4n) is 4.50. The van der Waals surface area contributed by atoms with Crippen LogP contribution in [-0.2, 0) is 22.4 Å². The van der Waals surface area contributed by atoms with Crippen LogP contribution in [0.2, 0.25) is 0 Å². The fraction of sp³-hybridized carbons (Fsp3) is 0.375. The number of nitrogens with zero attached hydrogens (tertiary/aromatic N) is 4. The number of ether oxygens (including phenoxy) is 1. The van der Waals surface area contributed by atoms with Crippen molar-refractivity contribution in [2.24, 2.45) is 0 Å². The summed E-state index contributed by atoms with van der Waals surface area (Å²) >= 11 is 3.18. The number of fused-ring (bicyclic) bond motifs is 5. The molecule has 3 heterocycles. The Morgan fingerprint density at radius 3 is 2.74 bits per heavy atom. The molecule has 1 fully saturated rings. The van der Waals surface area contributed by atoms with Crippen molar-refractivity contribution in [1.82, 2.24) is 19.6 Å². The normalized spacial score (nSPS) is 15.4. The molecule has 10 heteroatoms. The highest BCUT2D eigenvalue weighted by Gasteiger charge is 2.32. The molecule has 4 aromatic rings. The Hall–Kier alpha value is -2.98. The van der Waals surface area contributed by atoms with Crippen LogP contribution in [0.25, 0.3) is 15.9 Å². The summed E-state index contributed by atoms with van der Waals surface area (Å²) in [7, 11) is 1.34. The van der Waals surface area contributed by atoms with Gasteiger partial charge in [0.25, 0.3) is 0 Å². The van der Waals surface area contributed by atoms with Gasteiger partial charge in [-0.3, -0.25) is 9.20 Å². The zero-order valence-electron chi connectivity index (χ0n) is 18.7. The van der Waals surface area contributed by atoms with Crippen molar-refractivity contribution in [3.63, 3.8) is 0 Å². The number of hydrogen-bond donors (Lipinski definition) is 1. The molecule has 0 atom stereocenters. The van der Waals surface area contributed by atoms with Crippen LogP contribution in [0, 0.1) is 0 Å². The first-order valence-electron chi connectivity index (χ1n) is 11.4. The third kappa shape index (κ3) is 3.84. The van der Waals surface area contributed by atoms with Gasteiger partial charge in [-0.25, -0.2) is 9.78 Å². The standard InChI is InChI=1S/C24H23N5O3S2/c1-32-23(31)14-8-10-15(11-9-14)25-18(30)12-33-24-28-27-21-19-16-4-2-3-5-17(16)34-22(19)26-20(29(21)24)13-6-7-13/h8-11,13H,2-7,12H2,1H3,(H,25,30). The molecule has 0 saturated heterocycles. The molecule has 174 valence electrons. The third-order valence-corrected chi connectivity index (χ3v) is 8.43. The number of carbonyl (C=O) groups excluding carboxylic acids is 2. The summed E-state index contributed by atoms with van der Waals surface area (Å²) in [5, 5.41) is 13.8. The van der Waals surface area contributed by atoms with Gasteiger partial charge in [-0.15, -0.1) is 21.5 Å². The lowest BCUT2D eigenvalue weighted by Crippen LogP contribution is -2.14. The number of thiophene rings is 1. The first-order chi connectivity index (χ1) is 16.6. The molecule has 0 radical (unpaired) electrons. The minimum absolute atomic E-state index is 0.150. The number of methoxy groups -OCH3 is 1. The van der Waals surface area contributed by atoms with E-state index in [1.807, 2.05) is 11.3 Å². The summed E-state index contributed by atoms with van der Waals surface area (Å²) in [6.45, 7) is 0. The van der Waals surface area contributed by atoms with E-state index in [1.165, 1.54) is 42.2 Å². The van der Waals surface area contributed by atoms with Gasteiger partial charge in [0.05, 0.1) is 23.8 Å².